The predicted octanol–water partition coefficient (Wildman–Crippen LogP) is 3.20. The molecule has 0 radical (unpaired) electrons. The molecule has 10 nitrogen and oxygen atoms in total. The van der Waals surface area contributed by atoms with E-state index in [0.29, 0.717) is 0 Å². The topological polar surface area (TPSA) is 123 Å². The molecule has 2 aromatic rings. The highest BCUT2D eigenvalue weighted by atomic mass is 16.6. The SMILES string of the molecule is COc1ccc(OC)c([N+](=O)[O-])c1-c1c(OC)ccc(OC)c1[N+](=O)[O-]. The largest absolute Gasteiger partial charge is 0.496 e. The van der Waals surface area contributed by atoms with Crippen LogP contribution in [0.5, 0.6) is 23.0 Å². The zero-order valence-corrected chi connectivity index (χ0v) is 14.5. The zero-order chi connectivity index (χ0) is 19.4. The quantitative estimate of drug-likeness (QED) is 0.542. The number of hydrogen-bond acceptors (Lipinski definition) is 8. The second kappa shape index (κ2) is 7.55. The lowest BCUT2D eigenvalue weighted by Crippen LogP contribution is -2.04. The second-order valence-electron chi connectivity index (χ2n) is 4.90. The fourth-order valence-corrected chi connectivity index (χ4v) is 2.62. The minimum atomic E-state index is -0.695. The minimum Gasteiger partial charge on any atom is -0.496 e. The Balaban J connectivity index is 3.09. The van der Waals surface area contributed by atoms with Gasteiger partial charge in [-0.05, 0) is 24.3 Å². The molecule has 0 fully saturated rings. The Morgan fingerprint density at radius 1 is 0.615 bits per heavy atom. The number of rotatable bonds is 7. The van der Waals surface area contributed by atoms with Crippen molar-refractivity contribution in [2.45, 2.75) is 0 Å². The predicted molar refractivity (Wildman–Crippen MR) is 91.4 cm³/mol. The maximum atomic E-state index is 11.7. The average molecular weight is 364 g/mol. The maximum absolute atomic E-state index is 11.7. The van der Waals surface area contributed by atoms with Gasteiger partial charge in [-0.1, -0.05) is 0 Å². The van der Waals surface area contributed by atoms with Gasteiger partial charge in [0.15, 0.2) is 11.5 Å². The summed E-state index contributed by atoms with van der Waals surface area (Å²) in [5, 5.41) is 23.4. The van der Waals surface area contributed by atoms with Gasteiger partial charge in [0.2, 0.25) is 0 Å². The van der Waals surface area contributed by atoms with Gasteiger partial charge in [-0.2, -0.15) is 0 Å². The minimum absolute atomic E-state index is 0.0483. The first kappa shape index (κ1) is 18.8. The molecule has 26 heavy (non-hydrogen) atoms. The Kier molecular flexibility index (Phi) is 5.45. The highest BCUT2D eigenvalue weighted by Gasteiger charge is 2.35. The van der Waals surface area contributed by atoms with Crippen molar-refractivity contribution < 1.29 is 28.8 Å². The lowest BCUT2D eigenvalue weighted by Gasteiger charge is -2.15. The first-order valence-electron chi connectivity index (χ1n) is 7.20. The summed E-state index contributed by atoms with van der Waals surface area (Å²) < 4.78 is 20.6. The van der Waals surface area contributed by atoms with Gasteiger partial charge in [0.1, 0.15) is 22.6 Å². The van der Waals surface area contributed by atoms with Crippen molar-refractivity contribution in [3.63, 3.8) is 0 Å². The van der Waals surface area contributed by atoms with Crippen LogP contribution in [-0.2, 0) is 0 Å². The molecule has 0 amide bonds. The first-order valence-corrected chi connectivity index (χ1v) is 7.20. The summed E-state index contributed by atoms with van der Waals surface area (Å²) >= 11 is 0. The van der Waals surface area contributed by atoms with Crippen molar-refractivity contribution >= 4 is 11.4 Å². The van der Waals surface area contributed by atoms with Crippen LogP contribution in [0, 0.1) is 20.2 Å². The fourth-order valence-electron chi connectivity index (χ4n) is 2.62. The van der Waals surface area contributed by atoms with E-state index >= 15 is 0 Å². The highest BCUT2D eigenvalue weighted by Crippen LogP contribution is 2.52. The highest BCUT2D eigenvalue weighted by molar-refractivity contribution is 5.93. The van der Waals surface area contributed by atoms with Crippen LogP contribution in [0.15, 0.2) is 24.3 Å². The third kappa shape index (κ3) is 3.04. The Bertz CT molecular complexity index is 794. The van der Waals surface area contributed by atoms with Crippen LogP contribution in [0.4, 0.5) is 11.4 Å². The van der Waals surface area contributed by atoms with Crippen LogP contribution >= 0.6 is 0 Å². The lowest BCUT2D eigenvalue weighted by atomic mass is 9.98. The molecule has 0 bridgehead atoms. The van der Waals surface area contributed by atoms with E-state index < -0.39 is 21.2 Å². The van der Waals surface area contributed by atoms with E-state index in [0.717, 1.165) is 0 Å². The Hall–Kier alpha value is -3.56. The van der Waals surface area contributed by atoms with Crippen LogP contribution in [0.2, 0.25) is 0 Å². The Labute approximate surface area is 148 Å². The third-order valence-corrected chi connectivity index (χ3v) is 3.70. The Morgan fingerprint density at radius 3 is 1.12 bits per heavy atom. The van der Waals surface area contributed by atoms with Gasteiger partial charge in [0.05, 0.1) is 38.3 Å². The second-order valence-corrected chi connectivity index (χ2v) is 4.90. The summed E-state index contributed by atoms with van der Waals surface area (Å²) in [7, 11) is 5.12. The molecule has 2 rings (SSSR count). The summed E-state index contributed by atoms with van der Waals surface area (Å²) in [6.07, 6.45) is 0. The van der Waals surface area contributed by atoms with E-state index in [9.17, 15) is 20.2 Å². The smallest absolute Gasteiger partial charge is 0.322 e. The zero-order valence-electron chi connectivity index (χ0n) is 14.5. The van der Waals surface area contributed by atoms with E-state index in [-0.39, 0.29) is 34.1 Å². The number of ether oxygens (including phenoxy) is 4. The number of benzene rings is 2. The summed E-state index contributed by atoms with van der Waals surface area (Å²) in [5.74, 6) is -0.0609. The van der Waals surface area contributed by atoms with Gasteiger partial charge in [-0.15, -0.1) is 0 Å². The molecule has 0 saturated heterocycles. The maximum Gasteiger partial charge on any atom is 0.322 e. The molecule has 0 aliphatic heterocycles. The normalized spacial score (nSPS) is 10.2. The number of methoxy groups -OCH3 is 4. The van der Waals surface area contributed by atoms with Gasteiger partial charge in [0.25, 0.3) is 0 Å². The van der Waals surface area contributed by atoms with Gasteiger partial charge < -0.3 is 18.9 Å². The van der Waals surface area contributed by atoms with Crippen molar-refractivity contribution in [1.29, 1.82) is 0 Å². The molecule has 0 heterocycles. The molecule has 2 aromatic carbocycles. The number of nitro groups is 2. The number of nitrogens with zero attached hydrogens (tertiary/aromatic N) is 2. The summed E-state index contributed by atoms with van der Waals surface area (Å²) in [6.45, 7) is 0. The average Bonchev–Trinajstić information content (AvgIpc) is 2.64. The standard InChI is InChI=1S/C16H16N2O8/c1-23-9-5-7-11(25-3)15(17(19)20)13(9)14-10(24-2)6-8-12(26-4)16(14)18(21)22/h5-8H,1-4H3. The van der Waals surface area contributed by atoms with Gasteiger partial charge >= 0.3 is 11.4 Å². The molecule has 0 N–H and O–H groups in total. The van der Waals surface area contributed by atoms with Crippen molar-refractivity contribution in [2.24, 2.45) is 0 Å². The molecule has 10 heteroatoms. The summed E-state index contributed by atoms with van der Waals surface area (Å²) in [4.78, 5) is 22.0. The van der Waals surface area contributed by atoms with Crippen LogP contribution in [0.25, 0.3) is 11.1 Å². The summed E-state index contributed by atoms with van der Waals surface area (Å²) in [6, 6.07) is 5.53. The molecular weight excluding hydrogens is 348 g/mol. The van der Waals surface area contributed by atoms with E-state index in [1.165, 1.54) is 52.7 Å². The van der Waals surface area contributed by atoms with Crippen molar-refractivity contribution in [2.75, 3.05) is 28.4 Å². The van der Waals surface area contributed by atoms with Gasteiger partial charge in [0, 0.05) is 0 Å². The van der Waals surface area contributed by atoms with Crippen LogP contribution in [-0.4, -0.2) is 38.3 Å². The molecule has 0 aliphatic carbocycles. The van der Waals surface area contributed by atoms with Crippen molar-refractivity contribution in [1.82, 2.24) is 0 Å². The molecule has 0 saturated carbocycles. The molecular formula is C16H16N2O8. The lowest BCUT2D eigenvalue weighted by molar-refractivity contribution is -0.387. The van der Waals surface area contributed by atoms with Crippen LogP contribution in [0.3, 0.4) is 0 Å². The third-order valence-electron chi connectivity index (χ3n) is 3.70. The van der Waals surface area contributed by atoms with Crippen molar-refractivity contribution in [3.05, 3.63) is 44.5 Å². The molecule has 0 spiro atoms. The fraction of sp³-hybridized carbons (Fsp3) is 0.250. The van der Waals surface area contributed by atoms with E-state index in [1.807, 2.05) is 0 Å². The first-order chi connectivity index (χ1) is 12.4. The van der Waals surface area contributed by atoms with E-state index in [2.05, 4.69) is 0 Å². The monoisotopic (exact) mass is 364 g/mol. The molecule has 0 unspecified atom stereocenters. The van der Waals surface area contributed by atoms with E-state index in [4.69, 9.17) is 18.9 Å². The molecule has 0 aromatic heterocycles. The van der Waals surface area contributed by atoms with Gasteiger partial charge in [-0.3, -0.25) is 20.2 Å². The van der Waals surface area contributed by atoms with Gasteiger partial charge in [-0.25, -0.2) is 0 Å². The molecule has 138 valence electrons. The molecule has 0 atom stereocenters. The van der Waals surface area contributed by atoms with Crippen LogP contribution < -0.4 is 18.9 Å². The van der Waals surface area contributed by atoms with Crippen molar-refractivity contribution in [3.8, 4) is 34.1 Å². The number of hydrogen-bond donors (Lipinski definition) is 0. The summed E-state index contributed by atoms with van der Waals surface area (Å²) in [5.41, 5.74) is -1.25. The number of nitro benzene ring substituents is 2. The van der Waals surface area contributed by atoms with E-state index in [1.54, 1.807) is 0 Å². The van der Waals surface area contributed by atoms with Crippen LogP contribution in [0.1, 0.15) is 0 Å². The Morgan fingerprint density at radius 2 is 0.885 bits per heavy atom. The molecule has 0 aliphatic rings.